The Balaban J connectivity index is 0.00000274. The largest absolute Gasteiger partial charge is 0.422 e. The van der Waals surface area contributed by atoms with Crippen LogP contribution < -0.4 is 10.5 Å². The SMILES string of the molecule is CN(C)CCN(C(=O)c1cc2c(ccc3ccccc32)oc1=O)c1nc2ccc(Cl)cc2s1.Cl. The number of nitrogens with zero attached hydrogens (tertiary/aromatic N) is 3. The third-order valence-corrected chi connectivity index (χ3v) is 6.73. The lowest BCUT2D eigenvalue weighted by molar-refractivity contribution is 0.0982. The smallest absolute Gasteiger partial charge is 0.349 e. The van der Waals surface area contributed by atoms with Gasteiger partial charge >= 0.3 is 5.63 Å². The molecule has 2 heterocycles. The molecule has 0 aliphatic carbocycles. The van der Waals surface area contributed by atoms with E-state index in [-0.39, 0.29) is 18.0 Å². The van der Waals surface area contributed by atoms with Gasteiger partial charge in [-0.25, -0.2) is 9.78 Å². The van der Waals surface area contributed by atoms with E-state index in [0.29, 0.717) is 28.8 Å². The van der Waals surface area contributed by atoms with Crippen molar-refractivity contribution in [2.75, 3.05) is 32.1 Å². The first-order valence-corrected chi connectivity index (χ1v) is 11.6. The van der Waals surface area contributed by atoms with Gasteiger partial charge in [-0.3, -0.25) is 9.69 Å². The summed E-state index contributed by atoms with van der Waals surface area (Å²) in [6.45, 7) is 0.969. The van der Waals surface area contributed by atoms with Gasteiger partial charge in [-0.15, -0.1) is 12.4 Å². The number of hydrogen-bond donors (Lipinski definition) is 0. The van der Waals surface area contributed by atoms with Crippen molar-refractivity contribution in [3.05, 3.63) is 81.7 Å². The molecular weight excluding hydrogens is 493 g/mol. The van der Waals surface area contributed by atoms with Crippen molar-refractivity contribution in [1.82, 2.24) is 9.88 Å². The molecule has 0 fully saturated rings. The van der Waals surface area contributed by atoms with Gasteiger partial charge in [0.15, 0.2) is 5.13 Å². The molecule has 174 valence electrons. The molecule has 5 aromatic rings. The number of carbonyl (C=O) groups excluding carboxylic acids is 1. The Labute approximate surface area is 210 Å². The maximum atomic E-state index is 13.7. The number of rotatable bonds is 5. The summed E-state index contributed by atoms with van der Waals surface area (Å²) in [6.07, 6.45) is 0. The molecule has 6 nitrogen and oxygen atoms in total. The number of fused-ring (bicyclic) bond motifs is 4. The number of halogens is 2. The zero-order valence-corrected chi connectivity index (χ0v) is 20.8. The molecule has 0 saturated carbocycles. The predicted molar refractivity (Wildman–Crippen MR) is 142 cm³/mol. The Hall–Kier alpha value is -2.97. The van der Waals surface area contributed by atoms with E-state index in [4.69, 9.17) is 16.0 Å². The molecule has 3 aromatic carbocycles. The van der Waals surface area contributed by atoms with Crippen LogP contribution in [-0.4, -0.2) is 43.0 Å². The summed E-state index contributed by atoms with van der Waals surface area (Å²) in [5.74, 6) is -0.439. The first-order valence-electron chi connectivity index (χ1n) is 10.4. The van der Waals surface area contributed by atoms with E-state index in [1.54, 1.807) is 23.1 Å². The molecular formula is C25H21Cl2N3O3S. The number of aromatic nitrogens is 1. The lowest BCUT2D eigenvalue weighted by atomic mass is 10.0. The highest BCUT2D eigenvalue weighted by Crippen LogP contribution is 2.32. The molecule has 0 aliphatic heterocycles. The van der Waals surface area contributed by atoms with Crippen LogP contribution >= 0.6 is 35.3 Å². The molecule has 0 spiro atoms. The topological polar surface area (TPSA) is 66.7 Å². The van der Waals surface area contributed by atoms with Crippen LogP contribution in [0.5, 0.6) is 0 Å². The highest BCUT2D eigenvalue weighted by atomic mass is 35.5. The first-order chi connectivity index (χ1) is 15.9. The first kappa shape index (κ1) is 24.2. The summed E-state index contributed by atoms with van der Waals surface area (Å²) in [7, 11) is 3.86. The summed E-state index contributed by atoms with van der Waals surface area (Å²) in [4.78, 5) is 34.7. The van der Waals surface area contributed by atoms with Crippen LogP contribution in [0.2, 0.25) is 5.02 Å². The molecule has 9 heteroatoms. The third-order valence-electron chi connectivity index (χ3n) is 5.46. The molecule has 0 radical (unpaired) electrons. The molecule has 2 aromatic heterocycles. The minimum atomic E-state index is -0.665. The van der Waals surface area contributed by atoms with Gasteiger partial charge in [0.1, 0.15) is 11.1 Å². The standard InChI is InChI=1S/C25H20ClN3O3S.ClH/c1-28(2)11-12-29(25-27-20-9-8-16(26)13-22(20)33-25)23(30)19-14-18-17-6-4-3-5-15(17)7-10-21(18)32-24(19)31;/h3-10,13-14H,11-12H2,1-2H3;1H. The van der Waals surface area contributed by atoms with Crippen LogP contribution in [0.1, 0.15) is 10.4 Å². The van der Waals surface area contributed by atoms with E-state index < -0.39 is 11.5 Å². The second kappa shape index (κ2) is 9.72. The van der Waals surface area contributed by atoms with Crippen LogP contribution in [0, 0.1) is 0 Å². The zero-order chi connectivity index (χ0) is 23.1. The fraction of sp³-hybridized carbons (Fsp3) is 0.160. The van der Waals surface area contributed by atoms with Crippen molar-refractivity contribution < 1.29 is 9.21 Å². The van der Waals surface area contributed by atoms with Gasteiger partial charge in [0.25, 0.3) is 5.91 Å². The van der Waals surface area contributed by atoms with Crippen LogP contribution in [0.4, 0.5) is 5.13 Å². The number of carbonyl (C=O) groups is 1. The second-order valence-electron chi connectivity index (χ2n) is 8.01. The fourth-order valence-electron chi connectivity index (χ4n) is 3.75. The van der Waals surface area contributed by atoms with E-state index in [0.717, 1.165) is 26.4 Å². The average molecular weight is 514 g/mol. The van der Waals surface area contributed by atoms with Gasteiger partial charge in [0.2, 0.25) is 0 Å². The normalized spacial score (nSPS) is 11.3. The fourth-order valence-corrected chi connectivity index (χ4v) is 5.02. The molecule has 0 unspecified atom stereocenters. The number of amides is 1. The number of thiazole rings is 1. The highest BCUT2D eigenvalue weighted by molar-refractivity contribution is 7.22. The van der Waals surface area contributed by atoms with Crippen LogP contribution in [0.25, 0.3) is 32.0 Å². The molecule has 0 N–H and O–H groups in total. The minimum absolute atomic E-state index is 0. The van der Waals surface area contributed by atoms with Crippen molar-refractivity contribution in [2.45, 2.75) is 0 Å². The quantitative estimate of drug-likeness (QED) is 0.218. The maximum Gasteiger partial charge on any atom is 0.349 e. The van der Waals surface area contributed by atoms with Gasteiger partial charge in [-0.2, -0.15) is 0 Å². The van der Waals surface area contributed by atoms with Crippen molar-refractivity contribution in [1.29, 1.82) is 0 Å². The summed E-state index contributed by atoms with van der Waals surface area (Å²) in [5, 5.41) is 3.76. The Bertz CT molecular complexity index is 1580. The summed E-state index contributed by atoms with van der Waals surface area (Å²) < 4.78 is 6.43. The molecule has 0 aliphatic rings. The molecule has 0 bridgehead atoms. The Morgan fingerprint density at radius 2 is 1.82 bits per heavy atom. The lowest BCUT2D eigenvalue weighted by Crippen LogP contribution is -2.38. The Morgan fingerprint density at radius 1 is 1.03 bits per heavy atom. The summed E-state index contributed by atoms with van der Waals surface area (Å²) >= 11 is 7.50. The van der Waals surface area contributed by atoms with E-state index in [1.165, 1.54) is 11.3 Å². The van der Waals surface area contributed by atoms with Crippen molar-refractivity contribution in [3.8, 4) is 0 Å². The predicted octanol–water partition coefficient (Wildman–Crippen LogP) is 5.84. The number of hydrogen-bond acceptors (Lipinski definition) is 6. The van der Waals surface area contributed by atoms with Gasteiger partial charge < -0.3 is 9.32 Å². The molecule has 34 heavy (non-hydrogen) atoms. The number of benzene rings is 3. The van der Waals surface area contributed by atoms with Gasteiger partial charge in [-0.1, -0.05) is 53.3 Å². The minimum Gasteiger partial charge on any atom is -0.422 e. The van der Waals surface area contributed by atoms with Gasteiger partial charge in [0.05, 0.1) is 10.2 Å². The summed E-state index contributed by atoms with van der Waals surface area (Å²) in [6, 6.07) is 18.5. The van der Waals surface area contributed by atoms with Crippen LogP contribution in [0.3, 0.4) is 0 Å². The van der Waals surface area contributed by atoms with Crippen molar-refractivity contribution in [2.24, 2.45) is 0 Å². The summed E-state index contributed by atoms with van der Waals surface area (Å²) in [5.41, 5.74) is 0.514. The van der Waals surface area contributed by atoms with E-state index >= 15 is 0 Å². The van der Waals surface area contributed by atoms with Gasteiger partial charge in [-0.05, 0) is 55.2 Å². The van der Waals surface area contributed by atoms with E-state index in [1.807, 2.05) is 61.5 Å². The third kappa shape index (κ3) is 4.52. The molecule has 0 atom stereocenters. The van der Waals surface area contributed by atoms with Gasteiger partial charge in [0, 0.05) is 23.5 Å². The number of likely N-dealkylation sites (N-methyl/N-ethyl adjacent to an activating group) is 1. The monoisotopic (exact) mass is 513 g/mol. The molecule has 0 saturated heterocycles. The molecule has 5 rings (SSSR count). The Morgan fingerprint density at radius 3 is 2.62 bits per heavy atom. The maximum absolute atomic E-state index is 13.7. The van der Waals surface area contributed by atoms with E-state index in [9.17, 15) is 9.59 Å². The highest BCUT2D eigenvalue weighted by Gasteiger charge is 2.25. The van der Waals surface area contributed by atoms with Crippen LogP contribution in [0.15, 0.2) is 69.9 Å². The van der Waals surface area contributed by atoms with Crippen molar-refractivity contribution in [3.63, 3.8) is 0 Å². The van der Waals surface area contributed by atoms with Crippen LogP contribution in [-0.2, 0) is 0 Å². The zero-order valence-electron chi connectivity index (χ0n) is 18.4. The molecule has 1 amide bonds. The number of anilines is 1. The average Bonchev–Trinajstić information content (AvgIpc) is 3.21. The second-order valence-corrected chi connectivity index (χ2v) is 9.46. The van der Waals surface area contributed by atoms with Crippen molar-refractivity contribution >= 4 is 78.3 Å². The lowest BCUT2D eigenvalue weighted by Gasteiger charge is -2.21. The van der Waals surface area contributed by atoms with E-state index in [2.05, 4.69) is 4.98 Å². The Kier molecular flexibility index (Phi) is 6.91.